The van der Waals surface area contributed by atoms with Gasteiger partial charge in [-0.1, -0.05) is 35.9 Å². The molecule has 0 atom stereocenters. The topological polar surface area (TPSA) is 3.24 Å². The fourth-order valence-electron chi connectivity index (χ4n) is 2.49. The largest absolute Gasteiger partial charge is 0.296 e. The number of aryl methyl sites for hydroxylation is 1. The van der Waals surface area contributed by atoms with Crippen molar-refractivity contribution >= 4 is 5.57 Å². The van der Waals surface area contributed by atoms with Gasteiger partial charge >= 0.3 is 0 Å². The van der Waals surface area contributed by atoms with Crippen LogP contribution in [0.3, 0.4) is 0 Å². The van der Waals surface area contributed by atoms with Gasteiger partial charge < -0.3 is 0 Å². The monoisotopic (exact) mass is 213 g/mol. The molecule has 1 nitrogen and oxygen atoms in total. The van der Waals surface area contributed by atoms with E-state index in [-0.39, 0.29) is 0 Å². The maximum Gasteiger partial charge on any atom is 0.0172 e. The first kappa shape index (κ1) is 10.1. The molecule has 0 aromatic heterocycles. The maximum atomic E-state index is 2.62. The van der Waals surface area contributed by atoms with Gasteiger partial charge in [0.05, 0.1) is 0 Å². The summed E-state index contributed by atoms with van der Waals surface area (Å²) in [6.45, 7) is 4.56. The predicted molar refractivity (Wildman–Crippen MR) is 68.4 cm³/mol. The van der Waals surface area contributed by atoms with Crippen molar-refractivity contribution in [3.63, 3.8) is 0 Å². The number of hydrogen-bond donors (Lipinski definition) is 0. The summed E-state index contributed by atoms with van der Waals surface area (Å²) in [7, 11) is 0. The van der Waals surface area contributed by atoms with Crippen molar-refractivity contribution in [3.05, 3.63) is 41.5 Å². The standard InChI is InChI=1S/C15H19N/c1-12-2-4-13(5-3-12)14-8-10-16(11-9-14)15-6-7-15/h2-5,8,15H,6-7,9-11H2,1H3. The van der Waals surface area contributed by atoms with Crippen LogP contribution >= 0.6 is 0 Å². The predicted octanol–water partition coefficient (Wildman–Crippen LogP) is 3.25. The summed E-state index contributed by atoms with van der Waals surface area (Å²) in [6.07, 6.45) is 6.49. The Kier molecular flexibility index (Phi) is 2.56. The first-order valence-corrected chi connectivity index (χ1v) is 6.33. The third-order valence-corrected chi connectivity index (χ3v) is 3.73. The van der Waals surface area contributed by atoms with Crippen LogP contribution in [0.2, 0.25) is 0 Å². The molecule has 0 spiro atoms. The molecule has 1 aliphatic heterocycles. The van der Waals surface area contributed by atoms with Crippen LogP contribution in [0.5, 0.6) is 0 Å². The van der Waals surface area contributed by atoms with Gasteiger partial charge in [0.2, 0.25) is 0 Å². The Labute approximate surface area is 97.8 Å². The summed E-state index contributed by atoms with van der Waals surface area (Å²) in [5.74, 6) is 0. The van der Waals surface area contributed by atoms with Gasteiger partial charge in [0.25, 0.3) is 0 Å². The first-order valence-electron chi connectivity index (χ1n) is 6.33. The zero-order valence-electron chi connectivity index (χ0n) is 9.95. The smallest absolute Gasteiger partial charge is 0.0172 e. The van der Waals surface area contributed by atoms with E-state index < -0.39 is 0 Å². The van der Waals surface area contributed by atoms with Crippen molar-refractivity contribution < 1.29 is 0 Å². The molecule has 1 aliphatic carbocycles. The summed E-state index contributed by atoms with van der Waals surface area (Å²) in [6, 6.07) is 9.85. The van der Waals surface area contributed by atoms with Crippen molar-refractivity contribution in [2.75, 3.05) is 13.1 Å². The third-order valence-electron chi connectivity index (χ3n) is 3.73. The molecule has 1 aromatic rings. The molecule has 3 rings (SSSR count). The highest BCUT2D eigenvalue weighted by Gasteiger charge is 2.29. The minimum absolute atomic E-state index is 0.913. The maximum absolute atomic E-state index is 2.62. The van der Waals surface area contributed by atoms with Gasteiger partial charge in [0, 0.05) is 19.1 Å². The van der Waals surface area contributed by atoms with E-state index in [4.69, 9.17) is 0 Å². The number of benzene rings is 1. The van der Waals surface area contributed by atoms with Gasteiger partial charge in [0.15, 0.2) is 0 Å². The first-order chi connectivity index (χ1) is 7.83. The molecule has 0 N–H and O–H groups in total. The van der Waals surface area contributed by atoms with Crippen LogP contribution in [0.25, 0.3) is 5.57 Å². The number of hydrogen-bond acceptors (Lipinski definition) is 1. The van der Waals surface area contributed by atoms with Crippen LogP contribution in [-0.4, -0.2) is 24.0 Å². The Hall–Kier alpha value is -1.08. The third kappa shape index (κ3) is 2.05. The van der Waals surface area contributed by atoms with Crippen molar-refractivity contribution in [1.82, 2.24) is 4.90 Å². The molecule has 16 heavy (non-hydrogen) atoms. The lowest BCUT2D eigenvalue weighted by atomic mass is 9.98. The number of rotatable bonds is 2. The van der Waals surface area contributed by atoms with E-state index in [0.29, 0.717) is 0 Å². The molecule has 0 bridgehead atoms. The fourth-order valence-corrected chi connectivity index (χ4v) is 2.49. The van der Waals surface area contributed by atoms with Crippen LogP contribution < -0.4 is 0 Å². The Morgan fingerprint density at radius 2 is 1.88 bits per heavy atom. The molecule has 1 aromatic carbocycles. The van der Waals surface area contributed by atoms with Gasteiger partial charge in [-0.25, -0.2) is 0 Å². The van der Waals surface area contributed by atoms with E-state index in [1.807, 2.05) is 0 Å². The number of nitrogens with zero attached hydrogens (tertiary/aromatic N) is 1. The second-order valence-corrected chi connectivity index (χ2v) is 5.07. The average Bonchev–Trinajstić information content (AvgIpc) is 3.14. The van der Waals surface area contributed by atoms with Gasteiger partial charge in [-0.15, -0.1) is 0 Å². The van der Waals surface area contributed by atoms with Crippen LogP contribution in [0, 0.1) is 6.92 Å². The molecular weight excluding hydrogens is 194 g/mol. The van der Waals surface area contributed by atoms with E-state index in [9.17, 15) is 0 Å². The molecule has 1 heteroatoms. The van der Waals surface area contributed by atoms with Crippen molar-refractivity contribution in [3.8, 4) is 0 Å². The fraction of sp³-hybridized carbons (Fsp3) is 0.467. The lowest BCUT2D eigenvalue weighted by Gasteiger charge is -2.26. The van der Waals surface area contributed by atoms with E-state index in [1.165, 1.54) is 42.5 Å². The molecule has 0 saturated heterocycles. The second kappa shape index (κ2) is 4.06. The molecule has 2 aliphatic rings. The van der Waals surface area contributed by atoms with E-state index in [0.717, 1.165) is 12.6 Å². The lowest BCUT2D eigenvalue weighted by molar-refractivity contribution is 0.291. The van der Waals surface area contributed by atoms with Crippen molar-refractivity contribution in [2.24, 2.45) is 0 Å². The highest BCUT2D eigenvalue weighted by molar-refractivity contribution is 5.66. The van der Waals surface area contributed by atoms with Crippen LogP contribution in [-0.2, 0) is 0 Å². The molecule has 0 amide bonds. The lowest BCUT2D eigenvalue weighted by Crippen LogP contribution is -2.30. The van der Waals surface area contributed by atoms with Crippen LogP contribution in [0.15, 0.2) is 30.3 Å². The average molecular weight is 213 g/mol. The van der Waals surface area contributed by atoms with E-state index >= 15 is 0 Å². The van der Waals surface area contributed by atoms with Crippen molar-refractivity contribution in [2.45, 2.75) is 32.2 Å². The Morgan fingerprint density at radius 3 is 2.44 bits per heavy atom. The van der Waals surface area contributed by atoms with E-state index in [1.54, 1.807) is 0 Å². The summed E-state index contributed by atoms with van der Waals surface area (Å²) >= 11 is 0. The highest BCUT2D eigenvalue weighted by Crippen LogP contribution is 2.31. The van der Waals surface area contributed by atoms with Crippen molar-refractivity contribution in [1.29, 1.82) is 0 Å². The molecule has 1 fully saturated rings. The van der Waals surface area contributed by atoms with Gasteiger partial charge in [0.1, 0.15) is 0 Å². The second-order valence-electron chi connectivity index (χ2n) is 5.07. The minimum atomic E-state index is 0.913. The molecule has 1 saturated carbocycles. The SMILES string of the molecule is Cc1ccc(C2=CCN(C3CC3)CC2)cc1. The Balaban J connectivity index is 1.73. The van der Waals surface area contributed by atoms with Gasteiger partial charge in [-0.05, 0) is 37.3 Å². The summed E-state index contributed by atoms with van der Waals surface area (Å²) in [5, 5.41) is 0. The molecule has 0 unspecified atom stereocenters. The Bertz CT molecular complexity index is 398. The normalized spacial score (nSPS) is 21.9. The zero-order chi connectivity index (χ0) is 11.0. The van der Waals surface area contributed by atoms with Gasteiger partial charge in [-0.3, -0.25) is 4.90 Å². The zero-order valence-corrected chi connectivity index (χ0v) is 9.95. The molecular formula is C15H19N. The molecule has 0 radical (unpaired) electrons. The summed E-state index contributed by atoms with van der Waals surface area (Å²) < 4.78 is 0. The highest BCUT2D eigenvalue weighted by atomic mass is 15.2. The quantitative estimate of drug-likeness (QED) is 0.729. The van der Waals surface area contributed by atoms with Crippen LogP contribution in [0.4, 0.5) is 0 Å². The molecule has 84 valence electrons. The minimum Gasteiger partial charge on any atom is -0.296 e. The molecule has 1 heterocycles. The van der Waals surface area contributed by atoms with Gasteiger partial charge in [-0.2, -0.15) is 0 Å². The summed E-state index contributed by atoms with van der Waals surface area (Å²) in [4.78, 5) is 2.62. The van der Waals surface area contributed by atoms with Crippen LogP contribution in [0.1, 0.15) is 30.4 Å². The summed E-state index contributed by atoms with van der Waals surface area (Å²) in [5.41, 5.74) is 4.30. The Morgan fingerprint density at radius 1 is 1.12 bits per heavy atom. The van der Waals surface area contributed by atoms with E-state index in [2.05, 4.69) is 42.2 Å².